The lowest BCUT2D eigenvalue weighted by Crippen LogP contribution is -2.27. The van der Waals surface area contributed by atoms with Crippen LogP contribution in [0.15, 0.2) is 60.7 Å². The van der Waals surface area contributed by atoms with E-state index in [9.17, 15) is 4.79 Å². The summed E-state index contributed by atoms with van der Waals surface area (Å²) in [5.74, 6) is 0.118. The standard InChI is InChI=1S/C15H23NO2.C7H8/c1-5-14(17)18-15(12(2)11-16(3)4)13-9-7-6-8-10-13;1-7-5-3-2-4-6-7/h6-10,12,15H,5,11H2,1-4H3;2-6H,1H3. The molecule has 0 saturated carbocycles. The summed E-state index contributed by atoms with van der Waals surface area (Å²) >= 11 is 0. The number of aryl methyl sites for hydroxylation is 1. The molecule has 2 atom stereocenters. The maximum absolute atomic E-state index is 11.5. The number of carbonyl (C=O) groups excluding carboxylic acids is 1. The van der Waals surface area contributed by atoms with Gasteiger partial charge in [-0.05, 0) is 26.6 Å². The predicted octanol–water partition coefficient (Wildman–Crippen LogP) is 4.87. The number of nitrogens with zero attached hydrogens (tertiary/aromatic N) is 1. The van der Waals surface area contributed by atoms with Gasteiger partial charge in [0, 0.05) is 18.9 Å². The van der Waals surface area contributed by atoms with Gasteiger partial charge in [0.1, 0.15) is 6.10 Å². The Morgan fingerprint density at radius 1 is 1.00 bits per heavy atom. The van der Waals surface area contributed by atoms with Crippen LogP contribution < -0.4 is 0 Å². The third-order valence-corrected chi connectivity index (χ3v) is 3.79. The van der Waals surface area contributed by atoms with Crippen LogP contribution in [0.3, 0.4) is 0 Å². The highest BCUT2D eigenvalue weighted by Crippen LogP contribution is 2.26. The molecule has 0 aliphatic rings. The van der Waals surface area contributed by atoms with Gasteiger partial charge in [0.15, 0.2) is 0 Å². The van der Waals surface area contributed by atoms with Gasteiger partial charge in [0.25, 0.3) is 0 Å². The van der Waals surface area contributed by atoms with Gasteiger partial charge in [-0.3, -0.25) is 4.79 Å². The molecule has 0 N–H and O–H groups in total. The maximum Gasteiger partial charge on any atom is 0.306 e. The molecule has 25 heavy (non-hydrogen) atoms. The van der Waals surface area contributed by atoms with E-state index >= 15 is 0 Å². The Morgan fingerprint density at radius 2 is 1.52 bits per heavy atom. The number of hydrogen-bond acceptors (Lipinski definition) is 3. The summed E-state index contributed by atoms with van der Waals surface area (Å²) in [4.78, 5) is 13.7. The van der Waals surface area contributed by atoms with Crippen LogP contribution in [0.4, 0.5) is 0 Å². The lowest BCUT2D eigenvalue weighted by atomic mass is 9.97. The van der Waals surface area contributed by atoms with Crippen LogP contribution in [0.1, 0.15) is 37.5 Å². The molecule has 136 valence electrons. The van der Waals surface area contributed by atoms with Crippen molar-refractivity contribution in [2.75, 3.05) is 20.6 Å². The van der Waals surface area contributed by atoms with Crippen molar-refractivity contribution in [3.05, 3.63) is 71.8 Å². The van der Waals surface area contributed by atoms with Gasteiger partial charge in [-0.1, -0.05) is 80.1 Å². The SMILES string of the molecule is CCC(=O)OC(c1ccccc1)C(C)CN(C)C.Cc1ccccc1. The zero-order valence-electron chi connectivity index (χ0n) is 16.1. The smallest absolute Gasteiger partial charge is 0.306 e. The molecule has 0 fully saturated rings. The molecule has 2 aromatic rings. The van der Waals surface area contributed by atoms with Crippen molar-refractivity contribution in [2.24, 2.45) is 5.92 Å². The first-order valence-electron chi connectivity index (χ1n) is 8.84. The second-order valence-corrected chi connectivity index (χ2v) is 6.57. The van der Waals surface area contributed by atoms with E-state index in [1.54, 1.807) is 0 Å². The van der Waals surface area contributed by atoms with Crippen molar-refractivity contribution >= 4 is 5.97 Å². The van der Waals surface area contributed by atoms with Crippen molar-refractivity contribution < 1.29 is 9.53 Å². The fourth-order valence-electron chi connectivity index (χ4n) is 2.59. The van der Waals surface area contributed by atoms with Crippen molar-refractivity contribution in [3.63, 3.8) is 0 Å². The van der Waals surface area contributed by atoms with Crippen molar-refractivity contribution in [2.45, 2.75) is 33.3 Å². The van der Waals surface area contributed by atoms with Gasteiger partial charge in [-0.2, -0.15) is 0 Å². The van der Waals surface area contributed by atoms with E-state index in [0.717, 1.165) is 12.1 Å². The fraction of sp³-hybridized carbons (Fsp3) is 0.409. The van der Waals surface area contributed by atoms with Gasteiger partial charge < -0.3 is 9.64 Å². The maximum atomic E-state index is 11.5. The summed E-state index contributed by atoms with van der Waals surface area (Å²) in [5, 5.41) is 0. The third kappa shape index (κ3) is 8.50. The Hall–Kier alpha value is -2.13. The van der Waals surface area contributed by atoms with Crippen LogP contribution in [0.5, 0.6) is 0 Å². The molecule has 0 aromatic heterocycles. The second kappa shape index (κ2) is 11.4. The van der Waals surface area contributed by atoms with Crippen LogP contribution in [0, 0.1) is 12.8 Å². The Morgan fingerprint density at radius 3 is 1.92 bits per heavy atom. The summed E-state index contributed by atoms with van der Waals surface area (Å²) in [6.45, 7) is 6.90. The summed E-state index contributed by atoms with van der Waals surface area (Å²) in [6.07, 6.45) is 0.249. The molecule has 0 aliphatic carbocycles. The molecule has 0 radical (unpaired) electrons. The minimum atomic E-state index is -0.166. The highest BCUT2D eigenvalue weighted by molar-refractivity contribution is 5.69. The van der Waals surface area contributed by atoms with E-state index in [1.807, 2.05) is 69.6 Å². The molecule has 2 aromatic carbocycles. The average molecular weight is 341 g/mol. The molecular weight excluding hydrogens is 310 g/mol. The Labute approximate surface area is 152 Å². The van der Waals surface area contributed by atoms with Gasteiger partial charge in [0.2, 0.25) is 0 Å². The van der Waals surface area contributed by atoms with E-state index < -0.39 is 0 Å². The summed E-state index contributed by atoms with van der Waals surface area (Å²) in [7, 11) is 4.06. The number of esters is 1. The fourth-order valence-corrected chi connectivity index (χ4v) is 2.59. The molecule has 0 aliphatic heterocycles. The van der Waals surface area contributed by atoms with E-state index in [-0.39, 0.29) is 18.0 Å². The van der Waals surface area contributed by atoms with Gasteiger partial charge >= 0.3 is 5.97 Å². The minimum absolute atomic E-state index is 0.144. The van der Waals surface area contributed by atoms with Crippen LogP contribution in [0.25, 0.3) is 0 Å². The highest BCUT2D eigenvalue weighted by atomic mass is 16.5. The number of hydrogen-bond donors (Lipinski definition) is 0. The molecule has 0 bridgehead atoms. The highest BCUT2D eigenvalue weighted by Gasteiger charge is 2.23. The quantitative estimate of drug-likeness (QED) is 0.702. The molecule has 0 spiro atoms. The molecule has 3 heteroatoms. The van der Waals surface area contributed by atoms with Gasteiger partial charge in [-0.15, -0.1) is 0 Å². The zero-order chi connectivity index (χ0) is 18.7. The van der Waals surface area contributed by atoms with Crippen LogP contribution in [0.2, 0.25) is 0 Å². The summed E-state index contributed by atoms with van der Waals surface area (Å²) in [6, 6.07) is 20.2. The lowest BCUT2D eigenvalue weighted by Gasteiger charge is -2.26. The van der Waals surface area contributed by atoms with E-state index in [4.69, 9.17) is 4.74 Å². The average Bonchev–Trinajstić information content (AvgIpc) is 2.60. The molecule has 0 amide bonds. The number of ether oxygens (including phenoxy) is 1. The topological polar surface area (TPSA) is 29.5 Å². The molecule has 0 saturated heterocycles. The zero-order valence-corrected chi connectivity index (χ0v) is 16.1. The lowest BCUT2D eigenvalue weighted by molar-refractivity contribution is -0.152. The largest absolute Gasteiger partial charge is 0.457 e. The van der Waals surface area contributed by atoms with E-state index in [2.05, 4.69) is 30.9 Å². The minimum Gasteiger partial charge on any atom is -0.457 e. The van der Waals surface area contributed by atoms with Crippen LogP contribution in [-0.2, 0) is 9.53 Å². The normalized spacial score (nSPS) is 12.7. The second-order valence-electron chi connectivity index (χ2n) is 6.57. The van der Waals surface area contributed by atoms with Crippen LogP contribution in [-0.4, -0.2) is 31.5 Å². The molecule has 2 rings (SSSR count). The van der Waals surface area contributed by atoms with E-state index in [1.165, 1.54) is 5.56 Å². The Bertz CT molecular complexity index is 596. The van der Waals surface area contributed by atoms with Gasteiger partial charge in [0.05, 0.1) is 0 Å². The summed E-state index contributed by atoms with van der Waals surface area (Å²) < 4.78 is 5.58. The van der Waals surface area contributed by atoms with Crippen molar-refractivity contribution in [1.29, 1.82) is 0 Å². The number of carbonyl (C=O) groups is 1. The molecule has 2 unspecified atom stereocenters. The first-order chi connectivity index (χ1) is 11.9. The predicted molar refractivity (Wildman–Crippen MR) is 104 cm³/mol. The monoisotopic (exact) mass is 341 g/mol. The molecule has 0 heterocycles. The first-order valence-corrected chi connectivity index (χ1v) is 8.84. The molecule has 3 nitrogen and oxygen atoms in total. The summed E-state index contributed by atoms with van der Waals surface area (Å²) in [5.41, 5.74) is 2.39. The number of benzene rings is 2. The van der Waals surface area contributed by atoms with E-state index in [0.29, 0.717) is 6.42 Å². The van der Waals surface area contributed by atoms with Gasteiger partial charge in [-0.25, -0.2) is 0 Å². The third-order valence-electron chi connectivity index (χ3n) is 3.79. The molecular formula is C22H31NO2. The van der Waals surface area contributed by atoms with Crippen molar-refractivity contribution in [3.8, 4) is 0 Å². The van der Waals surface area contributed by atoms with Crippen LogP contribution >= 0.6 is 0 Å². The Kier molecular flexibility index (Phi) is 9.56. The van der Waals surface area contributed by atoms with Crippen molar-refractivity contribution in [1.82, 2.24) is 4.90 Å². The first kappa shape index (κ1) is 20.9. The Balaban J connectivity index is 0.000000370. The number of rotatable bonds is 6.